The number of benzene rings is 2. The van der Waals surface area contributed by atoms with Crippen LogP contribution in [0, 0.1) is 5.92 Å². The average Bonchev–Trinajstić information content (AvgIpc) is 2.61. The van der Waals surface area contributed by atoms with Crippen LogP contribution in [0.5, 0.6) is 5.75 Å². The minimum Gasteiger partial charge on any atom is -0.497 e. The SMILES string of the molecule is COc1ccc([C@H]2CCOC3c4ccccc4NCC32)cc1. The number of ether oxygens (including phenoxy) is 2. The third-order valence-corrected chi connectivity index (χ3v) is 4.97. The summed E-state index contributed by atoms with van der Waals surface area (Å²) in [4.78, 5) is 0. The fourth-order valence-electron chi connectivity index (χ4n) is 3.84. The van der Waals surface area contributed by atoms with E-state index in [9.17, 15) is 0 Å². The van der Waals surface area contributed by atoms with Gasteiger partial charge in [0.25, 0.3) is 0 Å². The molecule has 3 nitrogen and oxygen atoms in total. The van der Waals surface area contributed by atoms with E-state index in [0.29, 0.717) is 11.8 Å². The molecule has 1 N–H and O–H groups in total. The van der Waals surface area contributed by atoms with Crippen LogP contribution in [0.1, 0.15) is 29.6 Å². The molecule has 3 heteroatoms. The maximum Gasteiger partial charge on any atom is 0.118 e. The van der Waals surface area contributed by atoms with E-state index in [-0.39, 0.29) is 6.10 Å². The molecule has 3 atom stereocenters. The summed E-state index contributed by atoms with van der Waals surface area (Å²) in [6.45, 7) is 1.80. The number of hydrogen-bond acceptors (Lipinski definition) is 3. The lowest BCUT2D eigenvalue weighted by Gasteiger charge is -2.42. The summed E-state index contributed by atoms with van der Waals surface area (Å²) in [6, 6.07) is 17.0. The molecular formula is C19H21NO2. The minimum absolute atomic E-state index is 0.207. The molecule has 0 saturated carbocycles. The summed E-state index contributed by atoms with van der Waals surface area (Å²) in [5, 5.41) is 3.58. The lowest BCUT2D eigenvalue weighted by Crippen LogP contribution is -2.37. The lowest BCUT2D eigenvalue weighted by molar-refractivity contribution is -0.0381. The van der Waals surface area contributed by atoms with Gasteiger partial charge in [-0.15, -0.1) is 0 Å². The number of fused-ring (bicyclic) bond motifs is 3. The average molecular weight is 295 g/mol. The fourth-order valence-corrected chi connectivity index (χ4v) is 3.84. The van der Waals surface area contributed by atoms with Gasteiger partial charge in [0.05, 0.1) is 13.2 Å². The maximum absolute atomic E-state index is 6.14. The summed E-state index contributed by atoms with van der Waals surface area (Å²) in [7, 11) is 1.71. The molecule has 2 aromatic rings. The largest absolute Gasteiger partial charge is 0.497 e. The Kier molecular flexibility index (Phi) is 3.51. The predicted octanol–water partition coefficient (Wildman–Crippen LogP) is 3.98. The Labute approximate surface area is 131 Å². The molecule has 2 aliphatic rings. The molecule has 0 bridgehead atoms. The van der Waals surface area contributed by atoms with Crippen LogP contribution < -0.4 is 10.1 Å². The second-order valence-electron chi connectivity index (χ2n) is 6.09. The fraction of sp³-hybridized carbons (Fsp3) is 0.368. The first-order valence-corrected chi connectivity index (χ1v) is 7.95. The Bertz CT molecular complexity index is 653. The third-order valence-electron chi connectivity index (χ3n) is 4.97. The van der Waals surface area contributed by atoms with Crippen LogP contribution in [-0.4, -0.2) is 20.3 Å². The predicted molar refractivity (Wildman–Crippen MR) is 87.5 cm³/mol. The first-order chi connectivity index (χ1) is 10.9. The van der Waals surface area contributed by atoms with Gasteiger partial charge in [-0.1, -0.05) is 30.3 Å². The van der Waals surface area contributed by atoms with Gasteiger partial charge in [0.1, 0.15) is 5.75 Å². The van der Waals surface area contributed by atoms with Crippen molar-refractivity contribution in [2.75, 3.05) is 25.6 Å². The van der Waals surface area contributed by atoms with Crippen molar-refractivity contribution in [3.8, 4) is 5.75 Å². The summed E-state index contributed by atoms with van der Waals surface area (Å²) in [5.41, 5.74) is 3.91. The Morgan fingerprint density at radius 2 is 1.91 bits per heavy atom. The molecule has 0 radical (unpaired) electrons. The zero-order valence-corrected chi connectivity index (χ0v) is 12.8. The van der Waals surface area contributed by atoms with E-state index in [1.54, 1.807) is 7.11 Å². The van der Waals surface area contributed by atoms with E-state index in [2.05, 4.69) is 53.8 Å². The molecule has 2 aromatic carbocycles. The van der Waals surface area contributed by atoms with E-state index in [0.717, 1.165) is 25.3 Å². The first kappa shape index (κ1) is 13.6. The number of nitrogens with one attached hydrogen (secondary N) is 1. The molecule has 4 rings (SSSR count). The highest BCUT2D eigenvalue weighted by Crippen LogP contribution is 2.47. The zero-order chi connectivity index (χ0) is 14.9. The van der Waals surface area contributed by atoms with Crippen molar-refractivity contribution in [2.24, 2.45) is 5.92 Å². The van der Waals surface area contributed by atoms with E-state index < -0.39 is 0 Å². The normalized spacial score (nSPS) is 26.5. The van der Waals surface area contributed by atoms with Crippen molar-refractivity contribution in [2.45, 2.75) is 18.4 Å². The van der Waals surface area contributed by atoms with E-state index in [4.69, 9.17) is 9.47 Å². The van der Waals surface area contributed by atoms with Crippen molar-refractivity contribution >= 4 is 5.69 Å². The summed E-state index contributed by atoms with van der Waals surface area (Å²) >= 11 is 0. The highest BCUT2D eigenvalue weighted by molar-refractivity contribution is 5.55. The van der Waals surface area contributed by atoms with Crippen LogP contribution >= 0.6 is 0 Å². The van der Waals surface area contributed by atoms with Gasteiger partial charge in [-0.25, -0.2) is 0 Å². The van der Waals surface area contributed by atoms with Crippen LogP contribution in [-0.2, 0) is 4.74 Å². The summed E-state index contributed by atoms with van der Waals surface area (Å²) in [6.07, 6.45) is 1.29. The molecule has 0 aliphatic carbocycles. The Morgan fingerprint density at radius 3 is 2.73 bits per heavy atom. The number of methoxy groups -OCH3 is 1. The third kappa shape index (κ3) is 2.26. The van der Waals surface area contributed by atoms with Crippen molar-refractivity contribution in [1.82, 2.24) is 0 Å². The van der Waals surface area contributed by atoms with Crippen LogP contribution in [0.2, 0.25) is 0 Å². The topological polar surface area (TPSA) is 30.5 Å². The van der Waals surface area contributed by atoms with Gasteiger partial charge in [0, 0.05) is 30.3 Å². The molecule has 22 heavy (non-hydrogen) atoms. The summed E-state index contributed by atoms with van der Waals surface area (Å²) < 4.78 is 11.4. The number of anilines is 1. The second kappa shape index (κ2) is 5.65. The summed E-state index contributed by atoms with van der Waals surface area (Å²) in [5.74, 6) is 1.93. The van der Waals surface area contributed by atoms with Crippen LogP contribution in [0.3, 0.4) is 0 Å². The molecule has 114 valence electrons. The number of hydrogen-bond donors (Lipinski definition) is 1. The van der Waals surface area contributed by atoms with Gasteiger partial charge >= 0.3 is 0 Å². The van der Waals surface area contributed by atoms with Gasteiger partial charge in [0.15, 0.2) is 0 Å². The van der Waals surface area contributed by atoms with Crippen LogP contribution in [0.15, 0.2) is 48.5 Å². The molecule has 0 spiro atoms. The number of para-hydroxylation sites is 1. The smallest absolute Gasteiger partial charge is 0.118 e. The molecule has 1 saturated heterocycles. The number of rotatable bonds is 2. The van der Waals surface area contributed by atoms with Crippen LogP contribution in [0.4, 0.5) is 5.69 Å². The zero-order valence-electron chi connectivity index (χ0n) is 12.8. The first-order valence-electron chi connectivity index (χ1n) is 7.95. The van der Waals surface area contributed by atoms with Gasteiger partial charge in [0.2, 0.25) is 0 Å². The second-order valence-corrected chi connectivity index (χ2v) is 6.09. The van der Waals surface area contributed by atoms with Gasteiger partial charge < -0.3 is 14.8 Å². The Morgan fingerprint density at radius 1 is 1.09 bits per heavy atom. The van der Waals surface area contributed by atoms with Crippen molar-refractivity contribution in [1.29, 1.82) is 0 Å². The minimum atomic E-state index is 0.207. The standard InChI is InChI=1S/C19H21NO2/c1-21-14-8-6-13(7-9-14)15-10-11-22-19-16-4-2-3-5-18(16)20-12-17(15)19/h2-9,15,17,19-20H,10-12H2,1H3/t15-,17?,19?/m1/s1. The molecule has 2 unspecified atom stereocenters. The van der Waals surface area contributed by atoms with E-state index in [1.807, 2.05) is 0 Å². The van der Waals surface area contributed by atoms with Crippen LogP contribution in [0.25, 0.3) is 0 Å². The maximum atomic E-state index is 6.14. The molecule has 2 aliphatic heterocycles. The Hall–Kier alpha value is -2.00. The van der Waals surface area contributed by atoms with Crippen molar-refractivity contribution < 1.29 is 9.47 Å². The molecule has 0 aromatic heterocycles. The van der Waals surface area contributed by atoms with E-state index >= 15 is 0 Å². The molecule has 0 amide bonds. The highest BCUT2D eigenvalue weighted by atomic mass is 16.5. The lowest BCUT2D eigenvalue weighted by atomic mass is 9.75. The molecular weight excluding hydrogens is 274 g/mol. The molecule has 2 heterocycles. The monoisotopic (exact) mass is 295 g/mol. The van der Waals surface area contributed by atoms with Gasteiger partial charge in [-0.05, 0) is 36.1 Å². The van der Waals surface area contributed by atoms with Gasteiger partial charge in [-0.3, -0.25) is 0 Å². The van der Waals surface area contributed by atoms with E-state index in [1.165, 1.54) is 16.8 Å². The van der Waals surface area contributed by atoms with Crippen molar-refractivity contribution in [3.63, 3.8) is 0 Å². The van der Waals surface area contributed by atoms with Crippen molar-refractivity contribution in [3.05, 3.63) is 59.7 Å². The van der Waals surface area contributed by atoms with Gasteiger partial charge in [-0.2, -0.15) is 0 Å². The Balaban J connectivity index is 1.65. The molecule has 1 fully saturated rings. The quantitative estimate of drug-likeness (QED) is 0.909. The highest BCUT2D eigenvalue weighted by Gasteiger charge is 2.39.